The maximum absolute atomic E-state index is 5.83. The lowest BCUT2D eigenvalue weighted by atomic mass is 9.87. The molecule has 0 aliphatic heterocycles. The van der Waals surface area contributed by atoms with Gasteiger partial charge in [-0.15, -0.1) is 0 Å². The van der Waals surface area contributed by atoms with Gasteiger partial charge < -0.3 is 11.1 Å². The third kappa shape index (κ3) is 4.11. The molecule has 0 aromatic carbocycles. The summed E-state index contributed by atoms with van der Waals surface area (Å²) in [5.41, 5.74) is 9.31. The molecule has 0 saturated carbocycles. The van der Waals surface area contributed by atoms with Gasteiger partial charge in [0.1, 0.15) is 7.85 Å². The van der Waals surface area contributed by atoms with Gasteiger partial charge in [-0.05, 0) is 26.5 Å². The topological polar surface area (TPSA) is 38.0 Å². The Labute approximate surface area is 82.0 Å². The first kappa shape index (κ1) is 12.2. The highest BCUT2D eigenvalue weighted by atomic mass is 15.0. The summed E-state index contributed by atoms with van der Waals surface area (Å²) >= 11 is 0. The third-order valence-corrected chi connectivity index (χ3v) is 1.83. The molecule has 0 aromatic heterocycles. The van der Waals surface area contributed by atoms with Gasteiger partial charge in [0.2, 0.25) is 0 Å². The number of rotatable bonds is 4. The van der Waals surface area contributed by atoms with Crippen molar-refractivity contribution in [3.63, 3.8) is 0 Å². The second-order valence-electron chi connectivity index (χ2n) is 3.33. The molecular weight excluding hydrogens is 159 g/mol. The third-order valence-electron chi connectivity index (χ3n) is 1.83. The largest absolute Gasteiger partial charge is 0.312 e. The number of hydrogen-bond acceptors (Lipinski definition) is 2. The molecule has 0 aliphatic rings. The minimum absolute atomic E-state index is 0.131. The zero-order valence-electron chi connectivity index (χ0n) is 9.02. The van der Waals surface area contributed by atoms with E-state index in [0.29, 0.717) is 0 Å². The van der Waals surface area contributed by atoms with E-state index in [1.165, 1.54) is 5.57 Å². The van der Waals surface area contributed by atoms with E-state index >= 15 is 0 Å². The predicted octanol–water partition coefficient (Wildman–Crippen LogP) is 0.530. The van der Waals surface area contributed by atoms with Gasteiger partial charge in [0.15, 0.2) is 0 Å². The molecule has 0 rings (SSSR count). The first-order valence-corrected chi connectivity index (χ1v) is 4.43. The summed E-state index contributed by atoms with van der Waals surface area (Å²) in [6, 6.07) is 0. The van der Waals surface area contributed by atoms with Gasteiger partial charge in [-0.25, -0.2) is 0 Å². The van der Waals surface area contributed by atoms with Crippen LogP contribution in [-0.2, 0) is 0 Å². The Balaban J connectivity index is 4.89. The highest BCUT2D eigenvalue weighted by molar-refractivity contribution is 6.24. The van der Waals surface area contributed by atoms with Crippen LogP contribution in [0.3, 0.4) is 0 Å². The van der Waals surface area contributed by atoms with Crippen LogP contribution in [0.2, 0.25) is 0 Å². The number of likely N-dealkylation sites (N-methyl/N-ethyl adjacent to an activating group) is 1. The number of allylic oxidation sites excluding steroid dienone is 3. The summed E-state index contributed by atoms with van der Waals surface area (Å²) in [7, 11) is 3.88. The average Bonchev–Trinajstić information content (AvgIpc) is 2.03. The minimum atomic E-state index is -0.131. The molecular formula is C10H19BN2. The molecule has 0 bridgehead atoms. The van der Waals surface area contributed by atoms with Crippen LogP contribution in [0.4, 0.5) is 0 Å². The molecule has 0 fully saturated rings. The van der Waals surface area contributed by atoms with Crippen molar-refractivity contribution in [3.8, 4) is 0 Å². The average molecular weight is 178 g/mol. The molecule has 1 atom stereocenters. The van der Waals surface area contributed by atoms with E-state index in [2.05, 4.69) is 31.8 Å². The van der Waals surface area contributed by atoms with Crippen molar-refractivity contribution in [2.24, 2.45) is 5.73 Å². The smallest absolute Gasteiger partial charge is 0.139 e. The first-order chi connectivity index (χ1) is 6.02. The van der Waals surface area contributed by atoms with Gasteiger partial charge in [0, 0.05) is 0 Å². The Kier molecular flexibility index (Phi) is 5.43. The second kappa shape index (κ2) is 5.78. The lowest BCUT2D eigenvalue weighted by Gasteiger charge is -2.14. The van der Waals surface area contributed by atoms with Gasteiger partial charge in [-0.2, -0.15) is 0 Å². The Hall–Kier alpha value is -0.795. The molecule has 0 spiro atoms. The van der Waals surface area contributed by atoms with Crippen molar-refractivity contribution in [1.29, 1.82) is 0 Å². The quantitative estimate of drug-likeness (QED) is 0.374. The van der Waals surface area contributed by atoms with Crippen molar-refractivity contribution < 1.29 is 0 Å². The van der Waals surface area contributed by atoms with E-state index < -0.39 is 0 Å². The summed E-state index contributed by atoms with van der Waals surface area (Å²) in [6.07, 6.45) is 3.78. The van der Waals surface area contributed by atoms with Gasteiger partial charge >= 0.3 is 0 Å². The fraction of sp³-hybridized carbons (Fsp3) is 0.400. The van der Waals surface area contributed by atoms with Crippen molar-refractivity contribution in [2.75, 3.05) is 7.05 Å². The van der Waals surface area contributed by atoms with Crippen molar-refractivity contribution >= 4 is 7.85 Å². The van der Waals surface area contributed by atoms with Gasteiger partial charge in [-0.1, -0.05) is 29.8 Å². The van der Waals surface area contributed by atoms with Crippen LogP contribution in [0.25, 0.3) is 0 Å². The van der Waals surface area contributed by atoms with E-state index in [4.69, 9.17) is 5.73 Å². The molecule has 0 amide bonds. The lowest BCUT2D eigenvalue weighted by molar-refractivity contribution is 0.675. The zero-order chi connectivity index (χ0) is 10.4. The van der Waals surface area contributed by atoms with Gasteiger partial charge in [-0.3, -0.25) is 0 Å². The molecule has 0 heterocycles. The molecule has 0 aromatic rings. The van der Waals surface area contributed by atoms with Gasteiger partial charge in [0.25, 0.3) is 0 Å². The molecule has 2 nitrogen and oxygen atoms in total. The van der Waals surface area contributed by atoms with E-state index in [1.807, 2.05) is 14.9 Å². The van der Waals surface area contributed by atoms with E-state index in [-0.39, 0.29) is 6.17 Å². The summed E-state index contributed by atoms with van der Waals surface area (Å²) in [5, 5.41) is 2.99. The number of hydrogen-bond donors (Lipinski definition) is 2. The Bertz CT molecular complexity index is 237. The molecule has 0 aliphatic carbocycles. The maximum atomic E-state index is 5.83. The highest BCUT2D eigenvalue weighted by Gasteiger charge is 2.04. The summed E-state index contributed by atoms with van der Waals surface area (Å²) in [4.78, 5) is 0. The molecule has 3 heteroatoms. The Morgan fingerprint density at radius 1 is 1.54 bits per heavy atom. The predicted molar refractivity (Wildman–Crippen MR) is 62.2 cm³/mol. The van der Waals surface area contributed by atoms with Crippen molar-refractivity contribution in [1.82, 2.24) is 5.32 Å². The standard InChI is InChI=1S/C10H19BN2/c1-5-8(10(12)13-4)9(11)6-7(2)3/h5-6,10,13H,1,11-12H2,2-4H3/b9-8-. The van der Waals surface area contributed by atoms with Crippen LogP contribution in [0.5, 0.6) is 0 Å². The summed E-state index contributed by atoms with van der Waals surface area (Å²) in [5.74, 6) is 0. The monoisotopic (exact) mass is 178 g/mol. The summed E-state index contributed by atoms with van der Waals surface area (Å²) in [6.45, 7) is 7.88. The van der Waals surface area contributed by atoms with Crippen LogP contribution in [0.15, 0.2) is 35.3 Å². The Morgan fingerprint density at radius 3 is 2.38 bits per heavy atom. The van der Waals surface area contributed by atoms with Crippen LogP contribution >= 0.6 is 0 Å². The van der Waals surface area contributed by atoms with E-state index in [9.17, 15) is 0 Å². The van der Waals surface area contributed by atoms with Crippen LogP contribution in [0.1, 0.15) is 13.8 Å². The molecule has 1 unspecified atom stereocenters. The normalized spacial score (nSPS) is 14.5. The van der Waals surface area contributed by atoms with E-state index in [1.54, 1.807) is 6.08 Å². The fourth-order valence-corrected chi connectivity index (χ4v) is 1.21. The van der Waals surface area contributed by atoms with Crippen molar-refractivity contribution in [2.45, 2.75) is 20.0 Å². The maximum Gasteiger partial charge on any atom is 0.139 e. The fourth-order valence-electron chi connectivity index (χ4n) is 1.21. The van der Waals surface area contributed by atoms with Crippen LogP contribution in [0, 0.1) is 0 Å². The van der Waals surface area contributed by atoms with Crippen molar-refractivity contribution in [3.05, 3.63) is 35.3 Å². The molecule has 0 saturated heterocycles. The summed E-state index contributed by atoms with van der Waals surface area (Å²) < 4.78 is 0. The van der Waals surface area contributed by atoms with Gasteiger partial charge in [0.05, 0.1) is 6.17 Å². The SMILES string of the molecule is B/C(C=C(C)C)=C(/C=C)C(N)NC. The number of nitrogens with one attached hydrogen (secondary N) is 1. The van der Waals surface area contributed by atoms with Crippen LogP contribution < -0.4 is 11.1 Å². The minimum Gasteiger partial charge on any atom is -0.312 e. The van der Waals surface area contributed by atoms with Crippen LogP contribution in [-0.4, -0.2) is 21.1 Å². The van der Waals surface area contributed by atoms with E-state index in [0.717, 1.165) is 11.0 Å². The first-order valence-electron chi connectivity index (χ1n) is 4.43. The zero-order valence-corrected chi connectivity index (χ0v) is 9.02. The molecule has 0 radical (unpaired) electrons. The molecule has 13 heavy (non-hydrogen) atoms. The highest BCUT2D eigenvalue weighted by Crippen LogP contribution is 2.08. The molecule has 72 valence electrons. The molecule has 3 N–H and O–H groups in total. The lowest BCUT2D eigenvalue weighted by Crippen LogP contribution is -2.36. The second-order valence-corrected chi connectivity index (χ2v) is 3.33. The Morgan fingerprint density at radius 2 is 2.08 bits per heavy atom. The number of nitrogens with two attached hydrogens (primary N) is 1.